The van der Waals surface area contributed by atoms with E-state index in [4.69, 9.17) is 11.6 Å². The average Bonchev–Trinajstić information content (AvgIpc) is 2.70. The van der Waals surface area contributed by atoms with Gasteiger partial charge >= 0.3 is 0 Å². The van der Waals surface area contributed by atoms with Gasteiger partial charge in [-0.15, -0.1) is 11.3 Å². The zero-order valence-electron chi connectivity index (χ0n) is 10.6. The molecule has 0 fully saturated rings. The molecule has 0 saturated carbocycles. The van der Waals surface area contributed by atoms with Gasteiger partial charge in [0.2, 0.25) is 0 Å². The number of thiophene rings is 1. The molecule has 1 heterocycles. The summed E-state index contributed by atoms with van der Waals surface area (Å²) in [5, 5.41) is 3.52. The van der Waals surface area contributed by atoms with Crippen LogP contribution in [0.2, 0.25) is 4.34 Å². The van der Waals surface area contributed by atoms with Gasteiger partial charge in [-0.25, -0.2) is 0 Å². The maximum absolute atomic E-state index is 6.16. The number of aryl methyl sites for hydroxylation is 1. The molecule has 1 atom stereocenters. The molecule has 5 heteroatoms. The number of halogens is 3. The zero-order chi connectivity index (χ0) is 14.0. The molecule has 0 aliphatic heterocycles. The molecule has 1 nitrogen and oxygen atoms in total. The second-order valence-electron chi connectivity index (χ2n) is 4.29. The molecule has 0 saturated heterocycles. The highest BCUT2D eigenvalue weighted by Crippen LogP contribution is 2.39. The predicted molar refractivity (Wildman–Crippen MR) is 91.4 cm³/mol. The van der Waals surface area contributed by atoms with Crippen LogP contribution >= 0.6 is 54.8 Å². The molecule has 0 amide bonds. The summed E-state index contributed by atoms with van der Waals surface area (Å²) < 4.78 is 2.87. The molecule has 19 heavy (non-hydrogen) atoms. The van der Waals surface area contributed by atoms with Crippen molar-refractivity contribution in [2.45, 2.75) is 19.9 Å². The number of benzene rings is 1. The molecule has 1 unspecified atom stereocenters. The van der Waals surface area contributed by atoms with Crippen molar-refractivity contribution in [2.75, 3.05) is 6.54 Å². The largest absolute Gasteiger partial charge is 0.306 e. The lowest BCUT2D eigenvalue weighted by Crippen LogP contribution is -2.21. The third-order valence-electron chi connectivity index (χ3n) is 2.82. The molecule has 2 aromatic rings. The van der Waals surface area contributed by atoms with Crippen LogP contribution in [0.25, 0.3) is 0 Å². The molecule has 1 aromatic carbocycles. The monoisotopic (exact) mass is 421 g/mol. The summed E-state index contributed by atoms with van der Waals surface area (Å²) in [4.78, 5) is 1.21. The molecular weight excluding hydrogens is 409 g/mol. The molecule has 0 radical (unpaired) electrons. The summed E-state index contributed by atoms with van der Waals surface area (Å²) in [5.74, 6) is 0. The van der Waals surface area contributed by atoms with Crippen molar-refractivity contribution in [3.63, 3.8) is 0 Å². The van der Waals surface area contributed by atoms with Gasteiger partial charge in [0.05, 0.1) is 6.04 Å². The molecule has 1 aromatic heterocycles. The van der Waals surface area contributed by atoms with Gasteiger partial charge in [0.1, 0.15) is 4.34 Å². The van der Waals surface area contributed by atoms with Crippen LogP contribution in [0.15, 0.2) is 33.2 Å². The summed E-state index contributed by atoms with van der Waals surface area (Å²) in [7, 11) is 0. The van der Waals surface area contributed by atoms with Crippen molar-refractivity contribution in [1.29, 1.82) is 0 Å². The van der Waals surface area contributed by atoms with Gasteiger partial charge in [-0.05, 0) is 47.1 Å². The van der Waals surface area contributed by atoms with Crippen molar-refractivity contribution in [1.82, 2.24) is 5.32 Å². The summed E-state index contributed by atoms with van der Waals surface area (Å²) in [6.07, 6.45) is 0. The van der Waals surface area contributed by atoms with Crippen molar-refractivity contribution in [3.05, 3.63) is 53.6 Å². The minimum Gasteiger partial charge on any atom is -0.306 e. The summed E-state index contributed by atoms with van der Waals surface area (Å²) >= 11 is 14.9. The zero-order valence-corrected chi connectivity index (χ0v) is 15.4. The van der Waals surface area contributed by atoms with E-state index in [2.05, 4.69) is 75.3 Å². The first kappa shape index (κ1) is 15.5. The predicted octanol–water partition coefficient (Wildman–Crippen LogP) is 5.93. The van der Waals surface area contributed by atoms with E-state index in [-0.39, 0.29) is 6.04 Å². The van der Waals surface area contributed by atoms with Crippen LogP contribution in [0.1, 0.15) is 29.0 Å². The Kier molecular flexibility index (Phi) is 5.49. The van der Waals surface area contributed by atoms with Gasteiger partial charge in [-0.2, -0.15) is 0 Å². The molecule has 2 rings (SSSR count). The van der Waals surface area contributed by atoms with E-state index in [0.29, 0.717) is 0 Å². The third-order valence-corrected chi connectivity index (χ3v) is 6.08. The Balaban J connectivity index is 2.47. The van der Waals surface area contributed by atoms with Gasteiger partial charge in [-0.3, -0.25) is 0 Å². The Bertz CT molecular complexity index is 563. The summed E-state index contributed by atoms with van der Waals surface area (Å²) in [5.41, 5.74) is 2.50. The number of nitrogens with one attached hydrogen (secondary N) is 1. The molecule has 102 valence electrons. The van der Waals surface area contributed by atoms with Gasteiger partial charge in [-0.1, -0.05) is 52.2 Å². The summed E-state index contributed by atoms with van der Waals surface area (Å²) in [6.45, 7) is 5.12. The van der Waals surface area contributed by atoms with Crippen molar-refractivity contribution >= 4 is 54.8 Å². The normalized spacial score (nSPS) is 12.7. The minimum absolute atomic E-state index is 0.160. The summed E-state index contributed by atoms with van der Waals surface area (Å²) in [6, 6.07) is 8.66. The van der Waals surface area contributed by atoms with E-state index in [9.17, 15) is 0 Å². The Morgan fingerprint density at radius 2 is 2.00 bits per heavy atom. The van der Waals surface area contributed by atoms with Gasteiger partial charge in [0.25, 0.3) is 0 Å². The van der Waals surface area contributed by atoms with E-state index in [0.717, 1.165) is 19.8 Å². The van der Waals surface area contributed by atoms with E-state index < -0.39 is 0 Å². The van der Waals surface area contributed by atoms with Crippen molar-refractivity contribution in [2.24, 2.45) is 0 Å². The van der Waals surface area contributed by atoms with Crippen LogP contribution in [-0.4, -0.2) is 6.54 Å². The average molecular weight is 424 g/mol. The fraction of sp³-hybridized carbons (Fsp3) is 0.286. The molecule has 0 aliphatic rings. The van der Waals surface area contributed by atoms with Crippen molar-refractivity contribution in [3.8, 4) is 0 Å². The topological polar surface area (TPSA) is 12.0 Å². The first-order chi connectivity index (χ1) is 9.02. The van der Waals surface area contributed by atoms with E-state index in [1.165, 1.54) is 16.0 Å². The highest BCUT2D eigenvalue weighted by Gasteiger charge is 2.19. The minimum atomic E-state index is 0.160. The Hall–Kier alpha value is 0.130. The lowest BCUT2D eigenvalue weighted by molar-refractivity contribution is 0.637. The van der Waals surface area contributed by atoms with E-state index in [1.807, 2.05) is 0 Å². The Labute approximate surface area is 139 Å². The van der Waals surface area contributed by atoms with Crippen LogP contribution in [0.3, 0.4) is 0 Å². The van der Waals surface area contributed by atoms with Gasteiger partial charge in [0, 0.05) is 13.8 Å². The highest BCUT2D eigenvalue weighted by molar-refractivity contribution is 9.10. The van der Waals surface area contributed by atoms with Crippen LogP contribution in [0.5, 0.6) is 0 Å². The van der Waals surface area contributed by atoms with Crippen LogP contribution in [0, 0.1) is 6.92 Å². The smallest absolute Gasteiger partial charge is 0.107 e. The molecule has 1 N–H and O–H groups in total. The van der Waals surface area contributed by atoms with E-state index in [1.54, 1.807) is 11.3 Å². The van der Waals surface area contributed by atoms with E-state index >= 15 is 0 Å². The fourth-order valence-electron chi connectivity index (χ4n) is 1.96. The number of hydrogen-bond donors (Lipinski definition) is 1. The molecule has 0 spiro atoms. The first-order valence-electron chi connectivity index (χ1n) is 5.97. The van der Waals surface area contributed by atoms with Crippen molar-refractivity contribution < 1.29 is 0 Å². The lowest BCUT2D eigenvalue weighted by atomic mass is 10.0. The molecular formula is C14H14Br2ClNS. The van der Waals surface area contributed by atoms with Gasteiger partial charge < -0.3 is 5.32 Å². The highest BCUT2D eigenvalue weighted by atomic mass is 79.9. The standard InChI is InChI=1S/C14H14Br2ClNS/c1-3-18-13(12-7-11(16)14(17)19-12)9-6-8(2)4-5-10(9)15/h4-7,13,18H,3H2,1-2H3. The van der Waals surface area contributed by atoms with Crippen LogP contribution in [0.4, 0.5) is 0 Å². The quantitative estimate of drug-likeness (QED) is 0.642. The maximum Gasteiger partial charge on any atom is 0.107 e. The molecule has 0 bridgehead atoms. The Morgan fingerprint density at radius 3 is 2.58 bits per heavy atom. The van der Waals surface area contributed by atoms with Crippen LogP contribution < -0.4 is 5.32 Å². The number of rotatable bonds is 4. The van der Waals surface area contributed by atoms with Crippen LogP contribution in [-0.2, 0) is 0 Å². The first-order valence-corrected chi connectivity index (χ1v) is 8.75. The SMILES string of the molecule is CCNC(c1cc(Br)c(Cl)s1)c1cc(C)ccc1Br. The lowest BCUT2D eigenvalue weighted by Gasteiger charge is -2.19. The second kappa shape index (κ2) is 6.72. The fourth-order valence-corrected chi connectivity index (χ4v) is 4.26. The van der Waals surface area contributed by atoms with Gasteiger partial charge in [0.15, 0.2) is 0 Å². The number of hydrogen-bond acceptors (Lipinski definition) is 2. The second-order valence-corrected chi connectivity index (χ2v) is 7.68. The molecule has 0 aliphatic carbocycles. The third kappa shape index (κ3) is 3.61. The maximum atomic E-state index is 6.16. The Morgan fingerprint density at radius 1 is 1.26 bits per heavy atom.